The van der Waals surface area contributed by atoms with Gasteiger partial charge in [-0.3, -0.25) is 5.21 Å². The molecule has 0 saturated carbocycles. The number of amides is 1. The fourth-order valence-electron chi connectivity index (χ4n) is 1.23. The Morgan fingerprint density at radius 3 is 2.44 bits per heavy atom. The number of hydrogen-bond donors (Lipinski definition) is 1. The van der Waals surface area contributed by atoms with Crippen molar-refractivity contribution in [2.45, 2.75) is 71.9 Å². The Labute approximate surface area is 110 Å². The Kier molecular flexibility index (Phi) is 7.45. The number of hydrogen-bond acceptors (Lipinski definition) is 3. The third-order valence-electron chi connectivity index (χ3n) is 2.19. The van der Waals surface area contributed by atoms with Crippen LogP contribution in [-0.4, -0.2) is 28.0 Å². The molecular formula is C14H25NO3. The van der Waals surface area contributed by atoms with Crippen LogP contribution in [0.3, 0.4) is 0 Å². The average molecular weight is 255 g/mol. The first-order valence-corrected chi connectivity index (χ1v) is 6.51. The van der Waals surface area contributed by atoms with Crippen LogP contribution in [0.15, 0.2) is 0 Å². The minimum atomic E-state index is -0.751. The van der Waals surface area contributed by atoms with Gasteiger partial charge in [-0.05, 0) is 33.6 Å². The lowest BCUT2D eigenvalue weighted by Crippen LogP contribution is -2.40. The van der Waals surface area contributed by atoms with E-state index in [-0.39, 0.29) is 0 Å². The molecule has 0 aliphatic heterocycles. The molecule has 0 bridgehead atoms. The van der Waals surface area contributed by atoms with Gasteiger partial charge in [-0.1, -0.05) is 26.2 Å². The molecule has 0 fully saturated rings. The van der Waals surface area contributed by atoms with Crippen molar-refractivity contribution in [1.29, 1.82) is 0 Å². The molecule has 0 aromatic rings. The van der Waals surface area contributed by atoms with Crippen molar-refractivity contribution in [3.63, 3.8) is 0 Å². The minimum absolute atomic E-state index is 0.503. The van der Waals surface area contributed by atoms with Crippen LogP contribution in [0.25, 0.3) is 0 Å². The molecule has 1 amide bonds. The van der Waals surface area contributed by atoms with E-state index < -0.39 is 17.7 Å². The van der Waals surface area contributed by atoms with Crippen LogP contribution in [0.4, 0.5) is 4.79 Å². The van der Waals surface area contributed by atoms with Gasteiger partial charge in [-0.25, -0.2) is 4.79 Å². The molecule has 0 rings (SSSR count). The summed E-state index contributed by atoms with van der Waals surface area (Å²) in [6.45, 7) is 9.23. The van der Waals surface area contributed by atoms with Crippen molar-refractivity contribution in [3.8, 4) is 11.8 Å². The first-order valence-electron chi connectivity index (χ1n) is 6.51. The fraction of sp³-hybridized carbons (Fsp3) is 0.786. The molecule has 4 heteroatoms. The number of carbonyl (C=O) groups excluding carboxylic acids is 1. The minimum Gasteiger partial charge on any atom is -0.442 e. The summed E-state index contributed by atoms with van der Waals surface area (Å²) in [5.41, 5.74) is -0.619. The van der Waals surface area contributed by atoms with Crippen molar-refractivity contribution in [2.75, 3.05) is 0 Å². The fourth-order valence-corrected chi connectivity index (χ4v) is 1.23. The van der Waals surface area contributed by atoms with Crippen LogP contribution in [0, 0.1) is 11.8 Å². The second-order valence-corrected chi connectivity index (χ2v) is 5.17. The molecule has 0 radical (unpaired) electrons. The third-order valence-corrected chi connectivity index (χ3v) is 2.19. The number of ether oxygens (including phenoxy) is 1. The summed E-state index contributed by atoms with van der Waals surface area (Å²) in [6.07, 6.45) is 2.71. The van der Waals surface area contributed by atoms with Crippen molar-refractivity contribution in [1.82, 2.24) is 5.06 Å². The van der Waals surface area contributed by atoms with Gasteiger partial charge in [0.2, 0.25) is 0 Å². The summed E-state index contributed by atoms with van der Waals surface area (Å²) >= 11 is 0. The van der Waals surface area contributed by atoms with Crippen molar-refractivity contribution in [2.24, 2.45) is 0 Å². The molecule has 0 aliphatic rings. The van der Waals surface area contributed by atoms with E-state index in [1.165, 1.54) is 0 Å². The van der Waals surface area contributed by atoms with Crippen LogP contribution in [-0.2, 0) is 4.74 Å². The van der Waals surface area contributed by atoms with E-state index in [0.29, 0.717) is 11.5 Å². The summed E-state index contributed by atoms with van der Waals surface area (Å²) in [6, 6.07) is -0.503. The molecular weight excluding hydrogens is 230 g/mol. The van der Waals surface area contributed by atoms with Gasteiger partial charge in [-0.15, -0.1) is 5.92 Å². The SMILES string of the molecule is CCCCC#CC(CC)N(O)C(=O)OC(C)(C)C. The summed E-state index contributed by atoms with van der Waals surface area (Å²) in [4.78, 5) is 11.6. The average Bonchev–Trinajstić information content (AvgIpc) is 2.26. The van der Waals surface area contributed by atoms with Crippen LogP contribution in [0.2, 0.25) is 0 Å². The zero-order chi connectivity index (χ0) is 14.2. The zero-order valence-corrected chi connectivity index (χ0v) is 12.1. The highest BCUT2D eigenvalue weighted by molar-refractivity contribution is 5.67. The van der Waals surface area contributed by atoms with Gasteiger partial charge in [0.1, 0.15) is 11.6 Å². The molecule has 104 valence electrons. The number of nitrogens with zero attached hydrogens (tertiary/aromatic N) is 1. The Morgan fingerprint density at radius 1 is 1.39 bits per heavy atom. The molecule has 0 aliphatic carbocycles. The summed E-state index contributed by atoms with van der Waals surface area (Å²) in [7, 11) is 0. The van der Waals surface area contributed by atoms with E-state index in [0.717, 1.165) is 19.3 Å². The molecule has 1 N–H and O–H groups in total. The summed E-state index contributed by atoms with van der Waals surface area (Å²) in [5.74, 6) is 5.87. The first kappa shape index (κ1) is 16.8. The van der Waals surface area contributed by atoms with Crippen LogP contribution in [0.1, 0.15) is 60.3 Å². The van der Waals surface area contributed by atoms with Gasteiger partial charge in [0.25, 0.3) is 0 Å². The van der Waals surface area contributed by atoms with Crippen molar-refractivity contribution in [3.05, 3.63) is 0 Å². The van der Waals surface area contributed by atoms with Crippen molar-refractivity contribution >= 4 is 6.09 Å². The normalized spacial score (nSPS) is 12.3. The standard InChI is InChI=1S/C14H25NO3/c1-6-8-9-10-11-12(7-2)15(17)13(16)18-14(3,4)5/h12,17H,6-9H2,1-5H3. The Balaban J connectivity index is 4.45. The molecule has 0 saturated heterocycles. The lowest BCUT2D eigenvalue weighted by Gasteiger charge is -2.25. The van der Waals surface area contributed by atoms with Gasteiger partial charge in [-0.2, -0.15) is 5.06 Å². The maximum absolute atomic E-state index is 11.6. The Hall–Kier alpha value is -1.21. The van der Waals surface area contributed by atoms with E-state index in [2.05, 4.69) is 18.8 Å². The maximum Gasteiger partial charge on any atom is 0.435 e. The number of unbranched alkanes of at least 4 members (excludes halogenated alkanes) is 2. The number of hydroxylamine groups is 2. The smallest absolute Gasteiger partial charge is 0.435 e. The molecule has 0 heterocycles. The molecule has 0 spiro atoms. The summed E-state index contributed by atoms with van der Waals surface area (Å²) < 4.78 is 5.08. The lowest BCUT2D eigenvalue weighted by molar-refractivity contribution is -0.108. The molecule has 0 aromatic heterocycles. The Morgan fingerprint density at radius 2 is 2.00 bits per heavy atom. The first-order chi connectivity index (χ1) is 8.31. The van der Waals surface area contributed by atoms with E-state index in [9.17, 15) is 10.0 Å². The maximum atomic E-state index is 11.6. The van der Waals surface area contributed by atoms with Gasteiger partial charge in [0.05, 0.1) is 0 Å². The van der Waals surface area contributed by atoms with E-state index in [1.54, 1.807) is 20.8 Å². The topological polar surface area (TPSA) is 49.8 Å². The van der Waals surface area contributed by atoms with Crippen LogP contribution >= 0.6 is 0 Å². The molecule has 18 heavy (non-hydrogen) atoms. The van der Waals surface area contributed by atoms with Crippen molar-refractivity contribution < 1.29 is 14.7 Å². The second kappa shape index (κ2) is 7.99. The van der Waals surface area contributed by atoms with Gasteiger partial charge in [0.15, 0.2) is 0 Å². The molecule has 4 nitrogen and oxygen atoms in total. The number of carbonyl (C=O) groups is 1. The molecule has 0 aromatic carbocycles. The van der Waals surface area contributed by atoms with E-state index >= 15 is 0 Å². The van der Waals surface area contributed by atoms with Gasteiger partial charge < -0.3 is 4.74 Å². The highest BCUT2D eigenvalue weighted by Gasteiger charge is 2.25. The quantitative estimate of drug-likeness (QED) is 0.361. The number of rotatable bonds is 4. The zero-order valence-electron chi connectivity index (χ0n) is 12.1. The molecule has 1 unspecified atom stereocenters. The predicted molar refractivity (Wildman–Crippen MR) is 71.2 cm³/mol. The van der Waals surface area contributed by atoms with Gasteiger partial charge in [0, 0.05) is 6.42 Å². The summed E-state index contributed by atoms with van der Waals surface area (Å²) in [5, 5.41) is 10.3. The highest BCUT2D eigenvalue weighted by Crippen LogP contribution is 2.11. The van der Waals surface area contributed by atoms with Gasteiger partial charge >= 0.3 is 6.09 Å². The monoisotopic (exact) mass is 255 g/mol. The predicted octanol–water partition coefficient (Wildman–Crippen LogP) is 3.58. The van der Waals surface area contributed by atoms with E-state index in [4.69, 9.17) is 4.74 Å². The lowest BCUT2D eigenvalue weighted by atomic mass is 10.2. The highest BCUT2D eigenvalue weighted by atomic mass is 16.6. The largest absolute Gasteiger partial charge is 0.442 e. The second-order valence-electron chi connectivity index (χ2n) is 5.17. The molecule has 1 atom stereocenters. The Bertz CT molecular complexity index is 309. The van der Waals surface area contributed by atoms with Crippen LogP contribution < -0.4 is 0 Å². The van der Waals surface area contributed by atoms with Crippen LogP contribution in [0.5, 0.6) is 0 Å². The van der Waals surface area contributed by atoms with E-state index in [1.807, 2.05) is 6.92 Å². The third kappa shape index (κ3) is 7.18.